The van der Waals surface area contributed by atoms with Crippen LogP contribution in [0.2, 0.25) is 39.3 Å². The minimum atomic E-state index is -1.71. The SMILES string of the molecule is C[Si](C)(C)OC[C@@H]1OC(n2cnc3c(N)ncnc32)C[C@H]1O[Si](C)(C)C. The predicted octanol–water partition coefficient (Wildman–Crippen LogP) is 2.77. The van der Waals surface area contributed by atoms with Gasteiger partial charge in [-0.3, -0.25) is 4.57 Å². The maximum atomic E-state index is 6.40. The number of aromatic nitrogens is 4. The number of nitrogens with zero attached hydrogens (tertiary/aromatic N) is 4. The van der Waals surface area contributed by atoms with E-state index in [1.165, 1.54) is 6.33 Å². The van der Waals surface area contributed by atoms with Crippen LogP contribution < -0.4 is 5.73 Å². The molecular formula is C16H29N5O3Si2. The van der Waals surface area contributed by atoms with Gasteiger partial charge in [-0.2, -0.15) is 0 Å². The fraction of sp³-hybridized carbons (Fsp3) is 0.688. The number of hydrogen-bond donors (Lipinski definition) is 1. The van der Waals surface area contributed by atoms with Crippen LogP contribution in [0, 0.1) is 0 Å². The van der Waals surface area contributed by atoms with E-state index in [0.29, 0.717) is 23.6 Å². The van der Waals surface area contributed by atoms with Crippen LogP contribution in [0.4, 0.5) is 5.82 Å². The Bertz CT molecular complexity index is 771. The van der Waals surface area contributed by atoms with Crippen molar-refractivity contribution in [2.24, 2.45) is 0 Å². The van der Waals surface area contributed by atoms with E-state index in [2.05, 4.69) is 54.2 Å². The monoisotopic (exact) mass is 395 g/mol. The van der Waals surface area contributed by atoms with Gasteiger partial charge in [0.25, 0.3) is 0 Å². The van der Waals surface area contributed by atoms with Crippen molar-refractivity contribution >= 4 is 33.6 Å². The van der Waals surface area contributed by atoms with Crippen LogP contribution >= 0.6 is 0 Å². The highest BCUT2D eigenvalue weighted by atomic mass is 28.4. The number of anilines is 1. The summed E-state index contributed by atoms with van der Waals surface area (Å²) in [6, 6.07) is 0. The minimum Gasteiger partial charge on any atom is -0.415 e. The Morgan fingerprint density at radius 3 is 2.54 bits per heavy atom. The summed E-state index contributed by atoms with van der Waals surface area (Å²) in [5.74, 6) is 0.375. The highest BCUT2D eigenvalue weighted by Gasteiger charge is 2.40. The fourth-order valence-electron chi connectivity index (χ4n) is 3.01. The molecule has 3 atom stereocenters. The summed E-state index contributed by atoms with van der Waals surface area (Å²) >= 11 is 0. The first-order chi connectivity index (χ1) is 12.0. The molecule has 0 saturated carbocycles. The van der Waals surface area contributed by atoms with Crippen molar-refractivity contribution < 1.29 is 13.6 Å². The van der Waals surface area contributed by atoms with Crippen molar-refractivity contribution in [3.05, 3.63) is 12.7 Å². The third kappa shape index (κ3) is 4.49. The third-order valence-corrected chi connectivity index (χ3v) is 6.11. The van der Waals surface area contributed by atoms with Gasteiger partial charge in [0, 0.05) is 6.42 Å². The second kappa shape index (κ2) is 7.00. The summed E-state index contributed by atoms with van der Waals surface area (Å²) < 4.78 is 20.8. The van der Waals surface area contributed by atoms with E-state index in [4.69, 9.17) is 19.3 Å². The van der Waals surface area contributed by atoms with Gasteiger partial charge in [0.05, 0.1) is 19.0 Å². The molecule has 144 valence electrons. The lowest BCUT2D eigenvalue weighted by molar-refractivity contribution is -0.0367. The molecule has 10 heteroatoms. The van der Waals surface area contributed by atoms with Crippen LogP contribution in [0.1, 0.15) is 12.6 Å². The molecule has 26 heavy (non-hydrogen) atoms. The molecule has 0 radical (unpaired) electrons. The first kappa shape index (κ1) is 19.4. The highest BCUT2D eigenvalue weighted by molar-refractivity contribution is 6.70. The van der Waals surface area contributed by atoms with E-state index in [1.54, 1.807) is 6.33 Å². The zero-order valence-electron chi connectivity index (χ0n) is 16.4. The van der Waals surface area contributed by atoms with Gasteiger partial charge in [0.2, 0.25) is 0 Å². The van der Waals surface area contributed by atoms with Gasteiger partial charge in [0.15, 0.2) is 28.1 Å². The average molecular weight is 396 g/mol. The van der Waals surface area contributed by atoms with Crippen LogP contribution in [-0.4, -0.2) is 55.0 Å². The summed E-state index contributed by atoms with van der Waals surface area (Å²) in [6.07, 6.45) is 3.60. The molecule has 2 aromatic heterocycles. The van der Waals surface area contributed by atoms with Crippen LogP contribution in [0.15, 0.2) is 12.7 Å². The number of imidazole rings is 1. The van der Waals surface area contributed by atoms with E-state index in [9.17, 15) is 0 Å². The molecule has 2 aromatic rings. The molecule has 3 rings (SSSR count). The van der Waals surface area contributed by atoms with E-state index in [-0.39, 0.29) is 18.4 Å². The molecule has 2 N–H and O–H groups in total. The summed E-state index contributed by atoms with van der Waals surface area (Å²) in [4.78, 5) is 12.7. The molecule has 1 aliphatic rings. The largest absolute Gasteiger partial charge is 0.415 e. The Kier molecular flexibility index (Phi) is 5.23. The van der Waals surface area contributed by atoms with Gasteiger partial charge in [-0.15, -0.1) is 0 Å². The van der Waals surface area contributed by atoms with Gasteiger partial charge >= 0.3 is 0 Å². The lowest BCUT2D eigenvalue weighted by atomic mass is 10.2. The Morgan fingerprint density at radius 2 is 1.88 bits per heavy atom. The Hall–Kier alpha value is -1.34. The Balaban J connectivity index is 1.83. The van der Waals surface area contributed by atoms with Crippen molar-refractivity contribution in [2.75, 3.05) is 12.3 Å². The van der Waals surface area contributed by atoms with Gasteiger partial charge < -0.3 is 19.3 Å². The minimum absolute atomic E-state index is 0.000323. The van der Waals surface area contributed by atoms with Crippen molar-refractivity contribution in [1.29, 1.82) is 0 Å². The smallest absolute Gasteiger partial charge is 0.184 e. The standard InChI is InChI=1S/C16H29N5O3Si2/c1-25(2,3)22-8-12-11(24-26(4,5)6)7-13(23-12)21-10-20-14-15(17)18-9-19-16(14)21/h9-13H,7-8H2,1-6H3,(H2,17,18,19)/t11-,12+,13?/m1/s1. The maximum absolute atomic E-state index is 6.40. The Morgan fingerprint density at radius 1 is 1.15 bits per heavy atom. The third-order valence-electron chi connectivity index (χ3n) is 4.06. The topological polar surface area (TPSA) is 97.3 Å². The maximum Gasteiger partial charge on any atom is 0.184 e. The molecule has 1 saturated heterocycles. The Labute approximate surface area is 156 Å². The van der Waals surface area contributed by atoms with E-state index in [0.717, 1.165) is 6.42 Å². The molecule has 1 unspecified atom stereocenters. The normalized spacial score (nSPS) is 24.5. The molecule has 0 spiro atoms. The molecule has 1 fully saturated rings. The second-order valence-electron chi connectivity index (χ2n) is 8.64. The van der Waals surface area contributed by atoms with Crippen molar-refractivity contribution in [3.63, 3.8) is 0 Å². The molecular weight excluding hydrogens is 366 g/mol. The van der Waals surface area contributed by atoms with Crippen molar-refractivity contribution in [3.8, 4) is 0 Å². The molecule has 0 aromatic carbocycles. The van der Waals surface area contributed by atoms with E-state index >= 15 is 0 Å². The number of nitrogen functional groups attached to an aromatic ring is 1. The number of nitrogens with two attached hydrogens (primary N) is 1. The zero-order chi connectivity index (χ0) is 19.1. The van der Waals surface area contributed by atoms with Crippen LogP contribution in [0.3, 0.4) is 0 Å². The lowest BCUT2D eigenvalue weighted by Gasteiger charge is -2.28. The number of rotatable bonds is 6. The number of fused-ring (bicyclic) bond motifs is 1. The highest BCUT2D eigenvalue weighted by Crippen LogP contribution is 2.34. The second-order valence-corrected chi connectivity index (χ2v) is 17.6. The van der Waals surface area contributed by atoms with Gasteiger partial charge in [0.1, 0.15) is 24.2 Å². The quantitative estimate of drug-likeness (QED) is 0.751. The first-order valence-corrected chi connectivity index (χ1v) is 15.8. The lowest BCUT2D eigenvalue weighted by Crippen LogP contribution is -2.40. The molecule has 8 nitrogen and oxygen atoms in total. The zero-order valence-corrected chi connectivity index (χ0v) is 18.4. The van der Waals surface area contributed by atoms with Crippen molar-refractivity contribution in [1.82, 2.24) is 19.5 Å². The fourth-order valence-corrected chi connectivity index (χ4v) is 4.83. The van der Waals surface area contributed by atoms with Crippen LogP contribution in [0.25, 0.3) is 11.2 Å². The number of ether oxygens (including phenoxy) is 1. The number of hydrogen-bond acceptors (Lipinski definition) is 7. The average Bonchev–Trinajstić information content (AvgIpc) is 3.07. The van der Waals surface area contributed by atoms with E-state index < -0.39 is 16.6 Å². The van der Waals surface area contributed by atoms with Gasteiger partial charge in [-0.1, -0.05) is 0 Å². The molecule has 0 bridgehead atoms. The summed E-state index contributed by atoms with van der Waals surface area (Å²) in [6.45, 7) is 13.7. The predicted molar refractivity (Wildman–Crippen MR) is 106 cm³/mol. The molecule has 0 aliphatic carbocycles. The van der Waals surface area contributed by atoms with Crippen LogP contribution in [-0.2, 0) is 13.6 Å². The molecule has 1 aliphatic heterocycles. The van der Waals surface area contributed by atoms with Crippen LogP contribution in [0.5, 0.6) is 0 Å². The summed E-state index contributed by atoms with van der Waals surface area (Å²) in [7, 11) is -3.34. The van der Waals surface area contributed by atoms with Gasteiger partial charge in [-0.05, 0) is 39.3 Å². The molecule has 3 heterocycles. The first-order valence-electron chi connectivity index (χ1n) is 8.94. The summed E-state index contributed by atoms with van der Waals surface area (Å²) in [5.41, 5.74) is 7.18. The summed E-state index contributed by atoms with van der Waals surface area (Å²) in [5, 5.41) is 0. The van der Waals surface area contributed by atoms with Crippen molar-refractivity contribution in [2.45, 2.75) is 64.1 Å². The van der Waals surface area contributed by atoms with Gasteiger partial charge in [-0.25, -0.2) is 15.0 Å². The van der Waals surface area contributed by atoms with E-state index in [1.807, 2.05) is 4.57 Å². The molecule has 0 amide bonds.